The van der Waals surface area contributed by atoms with Crippen LogP contribution in [0, 0.1) is 0 Å². The Bertz CT molecular complexity index is 459. The van der Waals surface area contributed by atoms with Gasteiger partial charge < -0.3 is 10.1 Å². The van der Waals surface area contributed by atoms with Crippen molar-refractivity contribution in [2.75, 3.05) is 18.4 Å². The van der Waals surface area contributed by atoms with Gasteiger partial charge in [0.15, 0.2) is 5.60 Å². The molecule has 1 aromatic carbocycles. The van der Waals surface area contributed by atoms with Crippen LogP contribution in [-0.2, 0) is 10.3 Å². The van der Waals surface area contributed by atoms with E-state index in [2.05, 4.69) is 10.6 Å². The van der Waals surface area contributed by atoms with E-state index in [1.165, 1.54) is 0 Å². The monoisotopic (exact) mass is 274 g/mol. The van der Waals surface area contributed by atoms with E-state index in [0.717, 1.165) is 24.2 Å². The van der Waals surface area contributed by atoms with Crippen molar-refractivity contribution in [1.29, 1.82) is 0 Å². The fourth-order valence-electron chi connectivity index (χ4n) is 2.36. The van der Waals surface area contributed by atoms with E-state index < -0.39 is 11.7 Å². The Kier molecular flexibility index (Phi) is 3.21. The van der Waals surface area contributed by atoms with E-state index in [1.807, 2.05) is 12.1 Å². The molecule has 4 nitrogen and oxygen atoms in total. The minimum absolute atomic E-state index is 0. The molecule has 1 amide bonds. The first-order chi connectivity index (χ1) is 7.70. The summed E-state index contributed by atoms with van der Waals surface area (Å²) in [7, 11) is 0. The van der Waals surface area contributed by atoms with Crippen molar-refractivity contribution in [1.82, 2.24) is 5.32 Å². The Morgan fingerprint density at radius 1 is 1.41 bits per heavy atom. The number of halogens is 2. The van der Waals surface area contributed by atoms with Crippen LogP contribution in [0.15, 0.2) is 18.2 Å². The van der Waals surface area contributed by atoms with Gasteiger partial charge in [0.05, 0.1) is 5.69 Å². The highest BCUT2D eigenvalue weighted by Gasteiger charge is 2.44. The van der Waals surface area contributed by atoms with Crippen molar-refractivity contribution in [3.8, 4) is 0 Å². The highest BCUT2D eigenvalue weighted by molar-refractivity contribution is 6.30. The molecule has 1 spiro atoms. The fourth-order valence-corrected chi connectivity index (χ4v) is 2.53. The molecule has 17 heavy (non-hydrogen) atoms. The highest BCUT2D eigenvalue weighted by Crippen LogP contribution is 2.41. The van der Waals surface area contributed by atoms with Crippen molar-refractivity contribution >= 4 is 35.8 Å². The molecule has 1 aromatic rings. The van der Waals surface area contributed by atoms with Gasteiger partial charge in [-0.15, -0.1) is 12.4 Å². The van der Waals surface area contributed by atoms with Crippen LogP contribution in [-0.4, -0.2) is 19.2 Å². The molecule has 0 unspecified atom stereocenters. The van der Waals surface area contributed by atoms with E-state index in [1.54, 1.807) is 6.07 Å². The van der Waals surface area contributed by atoms with E-state index >= 15 is 0 Å². The van der Waals surface area contributed by atoms with Crippen molar-refractivity contribution in [2.45, 2.75) is 12.0 Å². The number of hydrogen-bond acceptors (Lipinski definition) is 3. The number of fused-ring (bicyclic) bond motifs is 2. The number of hydrogen-bond donors (Lipinski definition) is 2. The number of benzene rings is 1. The molecule has 1 fully saturated rings. The molecule has 2 N–H and O–H groups in total. The first-order valence-corrected chi connectivity index (χ1v) is 5.58. The summed E-state index contributed by atoms with van der Waals surface area (Å²) in [6.45, 7) is 1.49. The summed E-state index contributed by atoms with van der Waals surface area (Å²) in [5, 5.41) is 6.56. The SMILES string of the molecule is Cl.O=C1Nc2ccc(Cl)cc2[C@@]2(CCNC2)O1. The molecule has 92 valence electrons. The third-order valence-corrected chi connectivity index (χ3v) is 3.35. The molecule has 0 aliphatic carbocycles. The van der Waals surface area contributed by atoms with Crippen LogP contribution in [0.4, 0.5) is 10.5 Å². The standard InChI is InChI=1S/C11H11ClN2O2.ClH/c12-7-1-2-9-8(5-7)11(3-4-13-6-11)16-10(15)14-9;/h1-2,5,13H,3-4,6H2,(H,14,15);1H/t11-;/m0./s1. The van der Waals surface area contributed by atoms with Gasteiger partial charge in [0.25, 0.3) is 0 Å². The van der Waals surface area contributed by atoms with E-state index in [0.29, 0.717) is 11.6 Å². The lowest BCUT2D eigenvalue weighted by Crippen LogP contribution is -2.41. The van der Waals surface area contributed by atoms with Gasteiger partial charge in [0.1, 0.15) is 0 Å². The first kappa shape index (κ1) is 12.5. The van der Waals surface area contributed by atoms with E-state index in [-0.39, 0.29) is 12.4 Å². The Balaban J connectivity index is 0.00000108. The number of rotatable bonds is 0. The smallest absolute Gasteiger partial charge is 0.412 e. The predicted molar refractivity (Wildman–Crippen MR) is 68.0 cm³/mol. The maximum absolute atomic E-state index is 11.5. The third kappa shape index (κ3) is 1.97. The Hall–Kier alpha value is -0.970. The van der Waals surface area contributed by atoms with Crippen LogP contribution in [0.1, 0.15) is 12.0 Å². The third-order valence-electron chi connectivity index (χ3n) is 3.11. The summed E-state index contributed by atoms with van der Waals surface area (Å²) in [6, 6.07) is 5.45. The minimum atomic E-state index is -0.539. The quantitative estimate of drug-likeness (QED) is 0.765. The average Bonchev–Trinajstić information content (AvgIpc) is 2.69. The van der Waals surface area contributed by atoms with Gasteiger partial charge in [-0.3, -0.25) is 5.32 Å². The maximum Gasteiger partial charge on any atom is 0.412 e. The van der Waals surface area contributed by atoms with Gasteiger partial charge in [0.2, 0.25) is 0 Å². The second-order valence-electron chi connectivity index (χ2n) is 4.13. The number of nitrogens with one attached hydrogen (secondary N) is 2. The second kappa shape index (κ2) is 4.37. The lowest BCUT2D eigenvalue weighted by molar-refractivity contribution is 0.0278. The number of carbonyl (C=O) groups excluding carboxylic acids is 1. The summed E-state index contributed by atoms with van der Waals surface area (Å²) in [6.07, 6.45) is 0.395. The lowest BCUT2D eigenvalue weighted by Gasteiger charge is -2.34. The number of amides is 1. The molecule has 1 saturated heterocycles. The molecular weight excluding hydrogens is 263 g/mol. The van der Waals surface area contributed by atoms with Gasteiger partial charge in [-0.25, -0.2) is 4.79 Å². The molecule has 0 saturated carbocycles. The van der Waals surface area contributed by atoms with Crippen LogP contribution in [0.5, 0.6) is 0 Å². The second-order valence-corrected chi connectivity index (χ2v) is 4.56. The largest absolute Gasteiger partial charge is 0.436 e. The fraction of sp³-hybridized carbons (Fsp3) is 0.364. The first-order valence-electron chi connectivity index (χ1n) is 5.20. The summed E-state index contributed by atoms with van der Waals surface area (Å²) in [4.78, 5) is 11.5. The Labute approximate surface area is 110 Å². The number of anilines is 1. The Morgan fingerprint density at radius 3 is 2.94 bits per heavy atom. The van der Waals surface area contributed by atoms with Gasteiger partial charge in [-0.05, 0) is 24.7 Å². The zero-order valence-electron chi connectivity index (χ0n) is 8.96. The molecule has 0 aromatic heterocycles. The summed E-state index contributed by atoms with van der Waals surface area (Å²) in [5.74, 6) is 0. The van der Waals surface area contributed by atoms with E-state index in [9.17, 15) is 4.79 Å². The van der Waals surface area contributed by atoms with Crippen LogP contribution in [0.3, 0.4) is 0 Å². The normalized spacial score (nSPS) is 25.8. The maximum atomic E-state index is 11.5. The highest BCUT2D eigenvalue weighted by atomic mass is 35.5. The number of ether oxygens (including phenoxy) is 1. The molecule has 3 rings (SSSR count). The van der Waals surface area contributed by atoms with Crippen LogP contribution < -0.4 is 10.6 Å². The zero-order valence-corrected chi connectivity index (χ0v) is 10.5. The summed E-state index contributed by atoms with van der Waals surface area (Å²) in [5.41, 5.74) is 1.22. The molecule has 2 aliphatic heterocycles. The molecule has 0 radical (unpaired) electrons. The molecule has 1 atom stereocenters. The molecule has 2 heterocycles. The van der Waals surface area contributed by atoms with Crippen LogP contribution in [0.25, 0.3) is 0 Å². The van der Waals surface area contributed by atoms with E-state index in [4.69, 9.17) is 16.3 Å². The van der Waals surface area contributed by atoms with Crippen molar-refractivity contribution < 1.29 is 9.53 Å². The topological polar surface area (TPSA) is 50.4 Å². The number of carbonyl (C=O) groups is 1. The van der Waals surface area contributed by atoms with Gasteiger partial charge >= 0.3 is 6.09 Å². The molecular formula is C11H12Cl2N2O2. The van der Waals surface area contributed by atoms with Gasteiger partial charge in [0, 0.05) is 23.6 Å². The van der Waals surface area contributed by atoms with Crippen LogP contribution in [0.2, 0.25) is 5.02 Å². The predicted octanol–water partition coefficient (Wildman–Crippen LogP) is 2.51. The molecule has 6 heteroatoms. The molecule has 0 bridgehead atoms. The van der Waals surface area contributed by atoms with Crippen LogP contribution >= 0.6 is 24.0 Å². The van der Waals surface area contributed by atoms with Crippen molar-refractivity contribution in [3.63, 3.8) is 0 Å². The summed E-state index contributed by atoms with van der Waals surface area (Å²) < 4.78 is 5.45. The Morgan fingerprint density at radius 2 is 2.24 bits per heavy atom. The van der Waals surface area contributed by atoms with Crippen molar-refractivity contribution in [3.05, 3.63) is 28.8 Å². The summed E-state index contributed by atoms with van der Waals surface area (Å²) >= 11 is 5.99. The zero-order chi connectivity index (χ0) is 11.2. The van der Waals surface area contributed by atoms with Gasteiger partial charge in [-0.2, -0.15) is 0 Å². The van der Waals surface area contributed by atoms with Crippen molar-refractivity contribution in [2.24, 2.45) is 0 Å². The minimum Gasteiger partial charge on any atom is -0.436 e. The molecule has 2 aliphatic rings. The van der Waals surface area contributed by atoms with Gasteiger partial charge in [-0.1, -0.05) is 11.6 Å². The average molecular weight is 275 g/mol. The lowest BCUT2D eigenvalue weighted by atomic mass is 9.90.